The van der Waals surface area contributed by atoms with Crippen molar-refractivity contribution in [2.24, 2.45) is 5.73 Å². The summed E-state index contributed by atoms with van der Waals surface area (Å²) in [5.74, 6) is -19.7. The molecule has 3 fully saturated rings. The number of ether oxygens (including phenoxy) is 9. The second kappa shape index (κ2) is 40.8. The molecule has 0 saturated carbocycles. The highest BCUT2D eigenvalue weighted by Crippen LogP contribution is 2.51. The van der Waals surface area contributed by atoms with E-state index in [4.69, 9.17) is 71.6 Å². The normalized spacial score (nSPS) is 28.9. The van der Waals surface area contributed by atoms with E-state index in [1.54, 1.807) is 12.2 Å². The van der Waals surface area contributed by atoms with Crippen LogP contribution in [0.5, 0.6) is 69.0 Å². The fourth-order valence-corrected chi connectivity index (χ4v) is 16.7. The molecule has 3 saturated heterocycles. The number of carbonyl (C=O) groups excluding carboxylic acids is 8. The lowest BCUT2D eigenvalue weighted by Crippen LogP contribution is -2.65. The molecule has 0 spiro atoms. The predicted molar refractivity (Wildman–Crippen MR) is 453 cm³/mol. The SMILES string of the molecule is CCCCCC/C=C\CC(=O)N[C@@H]1[C@H](Oc2c3cc4cc2Oc2ccc(cc2Cl)[C@@H](O[C@@H]2O[C@H](CO)[C@@H](O)[C@H](O)[C@H]2NC(C)=O)[C@@H]2NC(=O)[C@H](NC(=O)[C@@H]4NC(=O)[C@H]4NC(=O)[C@@H](Cc5ccc(c(Cl)c5)O3)NC(=O)[C@H](N)c3ccc(O)c(c3)Oc3cc(O)cc4c3)c3ccc(O)c(c3)-c3c(O[C@H]4O[C@H](CO)[C@@H](O)[C@H](O)[C@@H]4O)cc(O)cc3[C@@H](C(=O)O)NC2=O)O[C@@H](CO)[C@H](O)[C@H]1O. The highest BCUT2D eigenvalue weighted by Gasteiger charge is 2.52. The molecule has 0 aromatic heterocycles. The molecule has 9 aliphatic heterocycles. The molecular weight excluding hydrogens is 1780 g/mol. The predicted octanol–water partition coefficient (Wildman–Crippen LogP) is 0.940. The molecule has 0 unspecified atom stereocenters. The fraction of sp³-hybridized carbons (Fsp3) is 0.398. The molecule has 9 aliphatic rings. The first kappa shape index (κ1) is 95.8. The average Bonchev–Trinajstić information content (AvgIpc) is 0.757. The van der Waals surface area contributed by atoms with Crippen molar-refractivity contribution in [1.29, 1.82) is 0 Å². The third-order valence-corrected chi connectivity index (χ3v) is 23.7. The van der Waals surface area contributed by atoms with Gasteiger partial charge in [-0.1, -0.05) is 85.8 Å². The van der Waals surface area contributed by atoms with Crippen molar-refractivity contribution in [3.05, 3.63) is 176 Å². The number of unbranched alkanes of at least 4 members (excludes halogenated alkanes) is 4. The summed E-state index contributed by atoms with van der Waals surface area (Å²) in [6.45, 7) is -0.145. The second-order valence-electron chi connectivity index (χ2n) is 32.4. The maximum atomic E-state index is 17.0. The number of allylic oxidation sites excluding steroid dienone is 1. The highest BCUT2D eigenvalue weighted by atomic mass is 35.5. The molecule has 9 heterocycles. The summed E-state index contributed by atoms with van der Waals surface area (Å²) in [5, 5.41) is 190. The van der Waals surface area contributed by atoms with Crippen molar-refractivity contribution < 1.29 is 162 Å². The van der Waals surface area contributed by atoms with Crippen molar-refractivity contribution in [2.45, 2.75) is 199 Å². The molecular formula is C88H95Cl2N9O33. The summed E-state index contributed by atoms with van der Waals surface area (Å²) in [4.78, 5) is 138. The van der Waals surface area contributed by atoms with Gasteiger partial charge in [0.15, 0.2) is 35.3 Å². The number of hydrogen-bond donors (Lipinski definition) is 24. The number of carbonyl (C=O) groups is 9. The van der Waals surface area contributed by atoms with Gasteiger partial charge >= 0.3 is 5.97 Å². The number of hydrogen-bond acceptors (Lipinski definition) is 33. The molecule has 42 nitrogen and oxygen atoms in total. The van der Waals surface area contributed by atoms with Crippen LogP contribution < -0.4 is 72.0 Å². The van der Waals surface area contributed by atoms with E-state index < -0.39 is 316 Å². The Balaban J connectivity index is 1.04. The molecule has 25 N–H and O–H groups in total. The molecule has 7 aromatic rings. The van der Waals surface area contributed by atoms with Crippen molar-refractivity contribution in [2.75, 3.05) is 19.8 Å². The van der Waals surface area contributed by atoms with E-state index in [9.17, 15) is 95.8 Å². The smallest absolute Gasteiger partial charge is 0.330 e. The van der Waals surface area contributed by atoms with Crippen molar-refractivity contribution >= 4 is 76.4 Å². The van der Waals surface area contributed by atoms with Gasteiger partial charge in [0, 0.05) is 48.6 Å². The van der Waals surface area contributed by atoms with Crippen LogP contribution in [-0.4, -0.2) is 254 Å². The topological polar surface area (TPSA) is 662 Å². The second-order valence-corrected chi connectivity index (χ2v) is 33.2. The number of nitrogens with one attached hydrogen (secondary N) is 8. The number of rotatable bonds is 19. The lowest BCUT2D eigenvalue weighted by atomic mass is 9.89. The first-order valence-electron chi connectivity index (χ1n) is 41.7. The monoisotopic (exact) mass is 1880 g/mol. The van der Waals surface area contributed by atoms with Crippen LogP contribution in [0.15, 0.2) is 127 Å². The Kier molecular flexibility index (Phi) is 29.6. The van der Waals surface area contributed by atoms with E-state index in [1.165, 1.54) is 30.3 Å². The number of benzene rings is 7. The standard InChI is InChI=1S/C88H95Cl2N9O33/c1-3-4-5-6-7-8-9-10-60(108)94-68-74(113)71(110)58(32-101)129-87(68)132-78-55-26-40-27-56(78)126-52-18-14-38(24-47(52)90)77(131-86-67(92-34(2)103)73(112)70(109)57(31-100)128-86)69-84(121)98-66(85(122)123)45-29-42(105)30-54(127-88-76(115)75(114)72(111)59(33-102)130-88)61(45)44-23-37(13-15-49(44)106)63(81(118)99-69)96-83(120)65(40)97-82(119)64-39-21-41(104)28-43(22-39)124-53-25-36(12-16-50(53)107)62(91)80(117)93-48(79(116)95-64)20-35-11-17-51(125-55)46(89)19-35/h8-9,11-19,21-30,48,57-59,62-77,86-88,100-102,104-107,109-115H,3-7,10,20,31-33,91H2,1-2H3,(H,92,103)(H,93,117)(H,94,108)(H,95,116)(H,96,120)(H,97,119)(H,98,121)(H,99,118)(H,122,123)/b9-8-/t48-,57-,58+,59-,62-,63-,64+,65-,66+,67-,68+,69+,70-,71+,72-,73-,74+,75+,76+,77-,86+,87+,88+/m1/s1. The van der Waals surface area contributed by atoms with Crippen molar-refractivity contribution in [1.82, 2.24) is 42.5 Å². The quantitative estimate of drug-likeness (QED) is 0.0396. The summed E-state index contributed by atoms with van der Waals surface area (Å²) >= 11 is 14.7. The van der Waals surface area contributed by atoms with Gasteiger partial charge in [-0.2, -0.15) is 0 Å². The Morgan fingerprint density at radius 3 is 1.71 bits per heavy atom. The highest BCUT2D eigenvalue weighted by molar-refractivity contribution is 6.32. The minimum atomic E-state index is -2.59. The van der Waals surface area contributed by atoms with Crippen LogP contribution in [0.3, 0.4) is 0 Å². The number of carboxylic acids is 1. The van der Waals surface area contributed by atoms with Crippen LogP contribution in [0.1, 0.15) is 128 Å². The number of aromatic hydroxyl groups is 4. The number of phenolic OH excluding ortho intramolecular Hbond substituents is 4. The molecule has 7 aromatic carbocycles. The number of amides is 8. The third-order valence-electron chi connectivity index (χ3n) is 23.1. The zero-order valence-corrected chi connectivity index (χ0v) is 71.4. The van der Waals surface area contributed by atoms with Crippen LogP contribution in [0.2, 0.25) is 10.0 Å². The van der Waals surface area contributed by atoms with Gasteiger partial charge in [-0.25, -0.2) is 4.79 Å². The minimum Gasteiger partial charge on any atom is -0.508 e. The van der Waals surface area contributed by atoms with Gasteiger partial charge in [0.25, 0.3) is 0 Å². The maximum absolute atomic E-state index is 17.0. The molecule has 704 valence electrons. The Morgan fingerprint density at radius 2 is 1.08 bits per heavy atom. The third kappa shape index (κ3) is 20.6. The van der Waals surface area contributed by atoms with E-state index in [-0.39, 0.29) is 39.8 Å². The van der Waals surface area contributed by atoms with Crippen molar-refractivity contribution in [3.8, 4) is 80.1 Å². The van der Waals surface area contributed by atoms with Gasteiger partial charge in [0.05, 0.1) is 29.9 Å². The Morgan fingerprint density at radius 1 is 0.508 bits per heavy atom. The molecule has 44 heteroatoms. The lowest BCUT2D eigenvalue weighted by molar-refractivity contribution is -0.284. The molecule has 132 heavy (non-hydrogen) atoms. The summed E-state index contributed by atoms with van der Waals surface area (Å²) in [6.07, 6.45) is -22.1. The maximum Gasteiger partial charge on any atom is 0.330 e. The number of aliphatic carboxylic acids is 1. The summed E-state index contributed by atoms with van der Waals surface area (Å²) in [7, 11) is 0. The van der Waals surface area contributed by atoms with Gasteiger partial charge in [-0.15, -0.1) is 0 Å². The molecule has 17 bridgehead atoms. The van der Waals surface area contributed by atoms with Crippen LogP contribution in [0.4, 0.5) is 0 Å². The first-order valence-corrected chi connectivity index (χ1v) is 42.5. The van der Waals surface area contributed by atoms with Gasteiger partial charge < -0.3 is 167 Å². The summed E-state index contributed by atoms with van der Waals surface area (Å²) in [6, 6.07) is 0.534. The van der Waals surface area contributed by atoms with Gasteiger partial charge in [0.1, 0.15) is 156 Å². The average molecular weight is 1880 g/mol. The number of fused-ring (bicyclic) bond motifs is 14. The van der Waals surface area contributed by atoms with Crippen LogP contribution in [0.25, 0.3) is 11.1 Å². The van der Waals surface area contributed by atoms with Gasteiger partial charge in [0.2, 0.25) is 65.6 Å². The van der Waals surface area contributed by atoms with Crippen LogP contribution >= 0.6 is 23.2 Å². The molecule has 23 atom stereocenters. The zero-order chi connectivity index (χ0) is 94.7. The summed E-state index contributed by atoms with van der Waals surface area (Å²) < 4.78 is 57.4. The first-order chi connectivity index (χ1) is 63.0. The van der Waals surface area contributed by atoms with Gasteiger partial charge in [-0.3, -0.25) is 38.4 Å². The Hall–Kier alpha value is -12.3. The molecule has 16 rings (SSSR count). The Bertz CT molecular complexity index is 5600. The largest absolute Gasteiger partial charge is 0.508 e. The molecule has 0 radical (unpaired) electrons. The lowest BCUT2D eigenvalue weighted by Gasteiger charge is -2.44. The summed E-state index contributed by atoms with van der Waals surface area (Å²) in [5.41, 5.74) is 2.76. The zero-order valence-electron chi connectivity index (χ0n) is 69.9. The van der Waals surface area contributed by atoms with Crippen LogP contribution in [-0.2, 0) is 68.5 Å². The molecule has 8 amide bonds. The minimum absolute atomic E-state index is 0.0249. The van der Waals surface area contributed by atoms with Crippen molar-refractivity contribution in [3.63, 3.8) is 0 Å². The number of phenols is 4. The number of carboxylic acid groups (broad SMARTS) is 1. The van der Waals surface area contributed by atoms with E-state index in [1.807, 2.05) is 6.92 Å². The Labute approximate surface area is 759 Å². The number of halogens is 2. The van der Waals surface area contributed by atoms with E-state index >= 15 is 24.0 Å². The van der Waals surface area contributed by atoms with E-state index in [0.717, 1.165) is 118 Å². The number of aliphatic hydroxyl groups is 10. The van der Waals surface area contributed by atoms with Gasteiger partial charge in [-0.05, 0) is 125 Å². The van der Waals surface area contributed by atoms with E-state index in [2.05, 4.69) is 42.5 Å². The molecule has 0 aliphatic carbocycles. The van der Waals surface area contributed by atoms with Crippen LogP contribution in [0, 0.1) is 0 Å². The number of aliphatic hydroxyl groups excluding tert-OH is 10. The van der Waals surface area contributed by atoms with E-state index in [0.29, 0.717) is 6.42 Å². The fourth-order valence-electron chi connectivity index (χ4n) is 16.3. The number of nitrogens with two attached hydrogens (primary N) is 1.